The molecule has 1 saturated heterocycles. The van der Waals surface area contributed by atoms with Gasteiger partial charge in [0.25, 0.3) is 5.56 Å². The van der Waals surface area contributed by atoms with Gasteiger partial charge in [-0.05, 0) is 17.5 Å². The standard InChI is InChI=1S/C20H28N6O/c1-20(2,3)17-13(10-22-25-17)11-26-9-7-15-14(12-26)19(27)24-18(23-15)16-6-4-5-8-21-16/h4-6,8,13,17,22,25H,7,9-12H2,1-3H3,(H,23,24,27). The Morgan fingerprint density at radius 3 is 2.89 bits per heavy atom. The normalized spacial score (nSPS) is 23.4. The number of hydrazine groups is 1. The fourth-order valence-corrected chi connectivity index (χ4v) is 4.22. The molecule has 4 heterocycles. The summed E-state index contributed by atoms with van der Waals surface area (Å²) in [5.74, 6) is 1.08. The lowest BCUT2D eigenvalue weighted by atomic mass is 9.80. The highest BCUT2D eigenvalue weighted by Crippen LogP contribution is 2.28. The highest BCUT2D eigenvalue weighted by atomic mass is 16.1. The smallest absolute Gasteiger partial charge is 0.255 e. The minimum atomic E-state index is -0.0413. The first-order chi connectivity index (χ1) is 12.9. The Hall–Kier alpha value is -2.09. The second kappa shape index (κ2) is 7.14. The van der Waals surface area contributed by atoms with Crippen LogP contribution in [0.3, 0.4) is 0 Å². The molecule has 2 aromatic rings. The Labute approximate surface area is 159 Å². The van der Waals surface area contributed by atoms with Gasteiger partial charge in [-0.25, -0.2) is 4.98 Å². The second-order valence-corrected chi connectivity index (χ2v) is 8.67. The highest BCUT2D eigenvalue weighted by Gasteiger charge is 2.37. The van der Waals surface area contributed by atoms with E-state index < -0.39 is 0 Å². The van der Waals surface area contributed by atoms with Crippen molar-refractivity contribution >= 4 is 0 Å². The molecule has 27 heavy (non-hydrogen) atoms. The van der Waals surface area contributed by atoms with Crippen LogP contribution < -0.4 is 16.4 Å². The molecular formula is C20H28N6O. The van der Waals surface area contributed by atoms with Gasteiger partial charge in [0, 0.05) is 50.8 Å². The van der Waals surface area contributed by atoms with Gasteiger partial charge in [0.15, 0.2) is 5.82 Å². The van der Waals surface area contributed by atoms with E-state index >= 15 is 0 Å². The van der Waals surface area contributed by atoms with Crippen LogP contribution in [0.1, 0.15) is 32.0 Å². The highest BCUT2D eigenvalue weighted by molar-refractivity contribution is 5.49. The molecule has 0 aromatic carbocycles. The van der Waals surface area contributed by atoms with Crippen molar-refractivity contribution in [3.8, 4) is 11.5 Å². The number of H-pyrrole nitrogens is 1. The molecule has 2 unspecified atom stereocenters. The van der Waals surface area contributed by atoms with E-state index in [9.17, 15) is 4.79 Å². The summed E-state index contributed by atoms with van der Waals surface area (Å²) in [7, 11) is 0. The van der Waals surface area contributed by atoms with Gasteiger partial charge >= 0.3 is 0 Å². The van der Waals surface area contributed by atoms with Crippen LogP contribution in [0.15, 0.2) is 29.2 Å². The number of fused-ring (bicyclic) bond motifs is 1. The summed E-state index contributed by atoms with van der Waals surface area (Å²) in [4.78, 5) is 27.0. The third-order valence-electron chi connectivity index (χ3n) is 5.57. The molecule has 0 bridgehead atoms. The maximum atomic E-state index is 12.7. The first-order valence-electron chi connectivity index (χ1n) is 9.66. The Balaban J connectivity index is 1.51. The molecular weight excluding hydrogens is 340 g/mol. The zero-order chi connectivity index (χ0) is 19.0. The van der Waals surface area contributed by atoms with Gasteiger partial charge in [-0.3, -0.25) is 25.5 Å². The predicted molar refractivity (Wildman–Crippen MR) is 105 cm³/mol. The maximum Gasteiger partial charge on any atom is 0.255 e. The number of pyridine rings is 1. The number of nitrogens with zero attached hydrogens (tertiary/aromatic N) is 3. The van der Waals surface area contributed by atoms with E-state index in [-0.39, 0.29) is 11.0 Å². The van der Waals surface area contributed by atoms with Crippen molar-refractivity contribution in [3.63, 3.8) is 0 Å². The molecule has 7 heteroatoms. The van der Waals surface area contributed by atoms with Crippen LogP contribution >= 0.6 is 0 Å². The average molecular weight is 368 g/mol. The van der Waals surface area contributed by atoms with Crippen LogP contribution in [0.2, 0.25) is 0 Å². The fraction of sp³-hybridized carbons (Fsp3) is 0.550. The van der Waals surface area contributed by atoms with E-state index in [1.54, 1.807) is 6.20 Å². The Morgan fingerprint density at radius 2 is 2.15 bits per heavy atom. The van der Waals surface area contributed by atoms with Crippen LogP contribution in [-0.2, 0) is 13.0 Å². The molecule has 2 aliphatic heterocycles. The third-order valence-corrected chi connectivity index (χ3v) is 5.57. The molecule has 3 N–H and O–H groups in total. The topological polar surface area (TPSA) is 85.9 Å². The van der Waals surface area contributed by atoms with E-state index in [4.69, 9.17) is 4.98 Å². The largest absolute Gasteiger partial charge is 0.305 e. The fourth-order valence-electron chi connectivity index (χ4n) is 4.22. The predicted octanol–water partition coefficient (Wildman–Crippen LogP) is 1.33. The summed E-state index contributed by atoms with van der Waals surface area (Å²) in [5.41, 5.74) is 9.30. The average Bonchev–Trinajstić information content (AvgIpc) is 3.11. The maximum absolute atomic E-state index is 12.7. The quantitative estimate of drug-likeness (QED) is 0.758. The van der Waals surface area contributed by atoms with Gasteiger partial charge in [0.2, 0.25) is 0 Å². The van der Waals surface area contributed by atoms with Gasteiger partial charge < -0.3 is 4.98 Å². The van der Waals surface area contributed by atoms with Crippen LogP contribution in [-0.4, -0.2) is 45.5 Å². The van der Waals surface area contributed by atoms with Crippen molar-refractivity contribution in [2.75, 3.05) is 19.6 Å². The molecule has 0 aliphatic carbocycles. The van der Waals surface area contributed by atoms with Crippen molar-refractivity contribution < 1.29 is 0 Å². The molecule has 0 radical (unpaired) electrons. The SMILES string of the molecule is CC(C)(C)C1NNCC1CN1CCc2nc(-c3ccccn3)[nH]c(=O)c2C1. The molecule has 7 nitrogen and oxygen atoms in total. The number of aromatic nitrogens is 3. The van der Waals surface area contributed by atoms with Crippen molar-refractivity contribution in [1.29, 1.82) is 0 Å². The number of rotatable bonds is 3. The van der Waals surface area contributed by atoms with Crippen LogP contribution in [0.5, 0.6) is 0 Å². The van der Waals surface area contributed by atoms with Crippen molar-refractivity contribution in [2.45, 2.75) is 39.8 Å². The van der Waals surface area contributed by atoms with E-state index in [2.05, 4.69) is 46.5 Å². The van der Waals surface area contributed by atoms with Crippen LogP contribution in [0.4, 0.5) is 0 Å². The summed E-state index contributed by atoms with van der Waals surface area (Å²) in [5, 5.41) is 0. The molecule has 0 spiro atoms. The first-order valence-corrected chi connectivity index (χ1v) is 9.66. The Bertz CT molecular complexity index is 857. The molecule has 2 aromatic heterocycles. The van der Waals surface area contributed by atoms with E-state index in [1.165, 1.54) is 0 Å². The number of hydrogen-bond acceptors (Lipinski definition) is 6. The van der Waals surface area contributed by atoms with Crippen LogP contribution in [0.25, 0.3) is 11.5 Å². The molecule has 2 aliphatic rings. The summed E-state index contributed by atoms with van der Waals surface area (Å²) in [6.45, 7) is 10.3. The Morgan fingerprint density at radius 1 is 1.30 bits per heavy atom. The first kappa shape index (κ1) is 18.3. The lowest BCUT2D eigenvalue weighted by Crippen LogP contribution is -2.46. The van der Waals surface area contributed by atoms with E-state index in [0.29, 0.717) is 30.0 Å². The summed E-state index contributed by atoms with van der Waals surface area (Å²) in [6, 6.07) is 6.04. The lowest BCUT2D eigenvalue weighted by Gasteiger charge is -2.35. The number of aromatic amines is 1. The van der Waals surface area contributed by atoms with Crippen molar-refractivity contribution in [2.24, 2.45) is 11.3 Å². The lowest BCUT2D eigenvalue weighted by molar-refractivity contribution is 0.165. The Kier molecular flexibility index (Phi) is 4.84. The van der Waals surface area contributed by atoms with E-state index in [1.807, 2.05) is 18.2 Å². The summed E-state index contributed by atoms with van der Waals surface area (Å²) < 4.78 is 0. The van der Waals surface area contributed by atoms with E-state index in [0.717, 1.165) is 37.3 Å². The minimum absolute atomic E-state index is 0.0413. The van der Waals surface area contributed by atoms with Gasteiger partial charge in [0.05, 0.1) is 11.3 Å². The monoisotopic (exact) mass is 368 g/mol. The molecule has 4 rings (SSSR count). The number of nitrogens with one attached hydrogen (secondary N) is 3. The second-order valence-electron chi connectivity index (χ2n) is 8.67. The third kappa shape index (κ3) is 3.81. The van der Waals surface area contributed by atoms with Crippen LogP contribution in [0, 0.1) is 11.3 Å². The van der Waals surface area contributed by atoms with Crippen molar-refractivity contribution in [1.82, 2.24) is 30.7 Å². The van der Waals surface area contributed by atoms with Gasteiger partial charge in [-0.1, -0.05) is 26.8 Å². The molecule has 2 atom stereocenters. The zero-order valence-corrected chi connectivity index (χ0v) is 16.2. The van der Waals surface area contributed by atoms with Gasteiger partial charge in [-0.15, -0.1) is 0 Å². The van der Waals surface area contributed by atoms with Gasteiger partial charge in [-0.2, -0.15) is 0 Å². The molecule has 144 valence electrons. The minimum Gasteiger partial charge on any atom is -0.305 e. The number of hydrogen-bond donors (Lipinski definition) is 3. The summed E-state index contributed by atoms with van der Waals surface area (Å²) >= 11 is 0. The van der Waals surface area contributed by atoms with Crippen molar-refractivity contribution in [3.05, 3.63) is 46.0 Å². The van der Waals surface area contributed by atoms with Gasteiger partial charge in [0.1, 0.15) is 5.69 Å². The summed E-state index contributed by atoms with van der Waals surface area (Å²) in [6.07, 6.45) is 2.51. The zero-order valence-electron chi connectivity index (χ0n) is 16.2. The molecule has 1 fully saturated rings. The molecule has 0 amide bonds. The molecule has 0 saturated carbocycles.